The second kappa shape index (κ2) is 8.50. The van der Waals surface area contributed by atoms with E-state index in [9.17, 15) is 13.2 Å². The molecule has 0 atom stereocenters. The molecule has 0 aliphatic carbocycles. The van der Waals surface area contributed by atoms with Gasteiger partial charge >= 0.3 is 0 Å². The number of carbonyl (C=O) groups excluding carboxylic acids is 1. The summed E-state index contributed by atoms with van der Waals surface area (Å²) in [5, 5.41) is 2.91. The van der Waals surface area contributed by atoms with Crippen molar-refractivity contribution in [2.45, 2.75) is 37.5 Å². The van der Waals surface area contributed by atoms with Gasteiger partial charge in [0.2, 0.25) is 10.0 Å². The number of benzene rings is 1. The predicted molar refractivity (Wildman–Crippen MR) is 102 cm³/mol. The number of sulfonamides is 1. The highest BCUT2D eigenvalue weighted by Crippen LogP contribution is 2.23. The average Bonchev–Trinajstić information content (AvgIpc) is 3.15. The van der Waals surface area contributed by atoms with E-state index in [1.807, 2.05) is 0 Å². The Labute approximate surface area is 156 Å². The summed E-state index contributed by atoms with van der Waals surface area (Å²) in [6, 6.07) is 6.29. The number of hydrogen-bond donors (Lipinski definition) is 1. The number of rotatable bonds is 6. The zero-order valence-corrected chi connectivity index (χ0v) is 16.3. The maximum absolute atomic E-state index is 12.7. The van der Waals surface area contributed by atoms with Gasteiger partial charge in [-0.1, -0.05) is 6.92 Å². The van der Waals surface area contributed by atoms with Crippen LogP contribution >= 0.6 is 0 Å². The lowest BCUT2D eigenvalue weighted by Crippen LogP contribution is -2.37. The second-order valence-corrected chi connectivity index (χ2v) is 9.35. The largest absolute Gasteiger partial charge is 0.351 e. The molecule has 3 rings (SSSR count). The van der Waals surface area contributed by atoms with Gasteiger partial charge in [-0.2, -0.15) is 4.31 Å². The van der Waals surface area contributed by atoms with Crippen LogP contribution < -0.4 is 5.32 Å². The molecule has 0 radical (unpaired) electrons. The molecule has 7 heteroatoms. The van der Waals surface area contributed by atoms with E-state index in [4.69, 9.17) is 0 Å². The van der Waals surface area contributed by atoms with E-state index < -0.39 is 10.0 Å². The van der Waals surface area contributed by atoms with E-state index in [1.54, 1.807) is 28.6 Å². The molecule has 2 saturated heterocycles. The fraction of sp³-hybridized carbons (Fsp3) is 0.632. The van der Waals surface area contributed by atoms with Crippen molar-refractivity contribution in [2.75, 3.05) is 39.3 Å². The van der Waals surface area contributed by atoms with Crippen LogP contribution in [-0.4, -0.2) is 62.8 Å². The molecule has 1 N–H and O–H groups in total. The number of nitrogens with one attached hydrogen (secondary N) is 1. The average molecular weight is 380 g/mol. The highest BCUT2D eigenvalue weighted by Gasteiger charge is 2.28. The minimum Gasteiger partial charge on any atom is -0.351 e. The molecule has 144 valence electrons. The van der Waals surface area contributed by atoms with E-state index in [0.717, 1.165) is 32.5 Å². The number of amides is 1. The second-order valence-electron chi connectivity index (χ2n) is 7.42. The van der Waals surface area contributed by atoms with Gasteiger partial charge in [-0.05, 0) is 69.0 Å². The molecule has 26 heavy (non-hydrogen) atoms. The molecule has 2 aliphatic rings. The first-order valence-corrected chi connectivity index (χ1v) is 11.0. The van der Waals surface area contributed by atoms with E-state index in [2.05, 4.69) is 17.1 Å². The molecule has 1 aromatic carbocycles. The summed E-state index contributed by atoms with van der Waals surface area (Å²) < 4.78 is 27.0. The van der Waals surface area contributed by atoms with Crippen LogP contribution in [0, 0.1) is 5.92 Å². The summed E-state index contributed by atoms with van der Waals surface area (Å²) in [4.78, 5) is 14.8. The molecule has 1 amide bonds. The number of nitrogens with zero attached hydrogens (tertiary/aromatic N) is 2. The van der Waals surface area contributed by atoms with E-state index >= 15 is 0 Å². The Hall–Kier alpha value is -1.44. The van der Waals surface area contributed by atoms with Crippen molar-refractivity contribution in [2.24, 2.45) is 5.92 Å². The highest BCUT2D eigenvalue weighted by atomic mass is 32.2. The van der Waals surface area contributed by atoms with Gasteiger partial charge in [0, 0.05) is 31.7 Å². The van der Waals surface area contributed by atoms with Crippen LogP contribution in [0.1, 0.15) is 43.0 Å². The normalized spacial score (nSPS) is 20.3. The number of carbonyl (C=O) groups is 1. The van der Waals surface area contributed by atoms with Crippen LogP contribution in [0.25, 0.3) is 0 Å². The lowest BCUT2D eigenvalue weighted by molar-refractivity contribution is 0.0949. The van der Waals surface area contributed by atoms with Crippen LogP contribution in [0.5, 0.6) is 0 Å². The van der Waals surface area contributed by atoms with Gasteiger partial charge in [-0.25, -0.2) is 8.42 Å². The zero-order chi connectivity index (χ0) is 18.6. The molecule has 2 aliphatic heterocycles. The molecule has 1 aromatic rings. The number of piperidine rings is 1. The Balaban J connectivity index is 1.56. The first-order valence-electron chi connectivity index (χ1n) is 9.57. The Morgan fingerprint density at radius 3 is 2.31 bits per heavy atom. The van der Waals surface area contributed by atoms with Gasteiger partial charge in [0.1, 0.15) is 0 Å². The smallest absolute Gasteiger partial charge is 0.251 e. The Morgan fingerprint density at radius 2 is 1.69 bits per heavy atom. The van der Waals surface area contributed by atoms with Crippen LogP contribution in [0.15, 0.2) is 29.2 Å². The van der Waals surface area contributed by atoms with Crippen molar-refractivity contribution >= 4 is 15.9 Å². The van der Waals surface area contributed by atoms with E-state index in [1.165, 1.54) is 12.8 Å². The van der Waals surface area contributed by atoms with Crippen LogP contribution in [0.2, 0.25) is 0 Å². The van der Waals surface area contributed by atoms with Crippen LogP contribution in [0.4, 0.5) is 0 Å². The summed E-state index contributed by atoms with van der Waals surface area (Å²) in [5.41, 5.74) is 0.498. The van der Waals surface area contributed by atoms with Crippen LogP contribution in [-0.2, 0) is 10.0 Å². The molecular weight excluding hydrogens is 350 g/mol. The summed E-state index contributed by atoms with van der Waals surface area (Å²) in [5.74, 6) is 0.424. The maximum atomic E-state index is 12.7. The summed E-state index contributed by atoms with van der Waals surface area (Å²) in [6.45, 7) is 7.00. The van der Waals surface area contributed by atoms with E-state index in [-0.39, 0.29) is 10.8 Å². The van der Waals surface area contributed by atoms with Crippen molar-refractivity contribution in [1.82, 2.24) is 14.5 Å². The predicted octanol–water partition coefficient (Wildman–Crippen LogP) is 1.93. The molecule has 6 nitrogen and oxygen atoms in total. The van der Waals surface area contributed by atoms with Gasteiger partial charge in [0.05, 0.1) is 4.90 Å². The summed E-state index contributed by atoms with van der Waals surface area (Å²) in [6.07, 6.45) is 4.27. The molecule has 0 saturated carbocycles. The third-order valence-corrected chi connectivity index (χ3v) is 7.32. The minimum atomic E-state index is -3.46. The Morgan fingerprint density at radius 1 is 1.08 bits per heavy atom. The third-order valence-electron chi connectivity index (χ3n) is 5.41. The molecule has 2 heterocycles. The van der Waals surface area contributed by atoms with Gasteiger partial charge < -0.3 is 10.2 Å². The number of hydrogen-bond acceptors (Lipinski definition) is 4. The molecule has 0 aromatic heterocycles. The highest BCUT2D eigenvalue weighted by molar-refractivity contribution is 7.89. The van der Waals surface area contributed by atoms with Gasteiger partial charge in [0.15, 0.2) is 0 Å². The first kappa shape index (κ1) is 19.3. The molecular formula is C19H29N3O3S. The third kappa shape index (κ3) is 4.64. The van der Waals surface area contributed by atoms with Gasteiger partial charge in [0.25, 0.3) is 5.91 Å². The standard InChI is InChI=1S/C19H29N3O3S/c1-16-8-13-22(14-9-16)26(24,25)18-6-4-17(5-7-18)19(23)20-10-15-21-11-2-3-12-21/h4-7,16H,2-3,8-15H2,1H3,(H,20,23). The van der Waals surface area contributed by atoms with Crippen molar-refractivity contribution in [3.63, 3.8) is 0 Å². The Bertz CT molecular complexity index is 704. The number of likely N-dealkylation sites (tertiary alicyclic amines) is 1. The van der Waals surface area contributed by atoms with Gasteiger partial charge in [-0.3, -0.25) is 4.79 Å². The zero-order valence-electron chi connectivity index (χ0n) is 15.5. The summed E-state index contributed by atoms with van der Waals surface area (Å²) in [7, 11) is -3.46. The van der Waals surface area contributed by atoms with E-state index in [0.29, 0.717) is 31.1 Å². The molecule has 0 unspecified atom stereocenters. The van der Waals surface area contributed by atoms with Crippen molar-refractivity contribution in [1.29, 1.82) is 0 Å². The van der Waals surface area contributed by atoms with Gasteiger partial charge in [-0.15, -0.1) is 0 Å². The lowest BCUT2D eigenvalue weighted by Gasteiger charge is -2.29. The maximum Gasteiger partial charge on any atom is 0.251 e. The summed E-state index contributed by atoms with van der Waals surface area (Å²) >= 11 is 0. The lowest BCUT2D eigenvalue weighted by atomic mass is 10.0. The Kier molecular flexibility index (Phi) is 6.32. The molecule has 0 bridgehead atoms. The monoisotopic (exact) mass is 379 g/mol. The van der Waals surface area contributed by atoms with Crippen molar-refractivity contribution in [3.05, 3.63) is 29.8 Å². The first-order chi connectivity index (χ1) is 12.5. The fourth-order valence-corrected chi connectivity index (χ4v) is 5.06. The topological polar surface area (TPSA) is 69.7 Å². The molecule has 2 fully saturated rings. The van der Waals surface area contributed by atoms with Crippen molar-refractivity contribution in [3.8, 4) is 0 Å². The van der Waals surface area contributed by atoms with Crippen LogP contribution in [0.3, 0.4) is 0 Å². The fourth-order valence-electron chi connectivity index (χ4n) is 3.59. The SMILES string of the molecule is CC1CCN(S(=O)(=O)c2ccc(C(=O)NCCN3CCCC3)cc2)CC1. The van der Waals surface area contributed by atoms with Crippen molar-refractivity contribution < 1.29 is 13.2 Å². The quantitative estimate of drug-likeness (QED) is 0.820. The minimum absolute atomic E-state index is 0.153. The molecule has 0 spiro atoms.